The number of carbonyl (C=O) groups excluding carboxylic acids is 1. The molecule has 0 saturated carbocycles. The first-order chi connectivity index (χ1) is 9.60. The normalized spacial score (nSPS) is 10.2. The number of nitrogens with two attached hydrogens (primary N) is 1. The number of thiocarbonyl (C=S) groups is 1. The van der Waals surface area contributed by atoms with Crippen LogP contribution in [0.3, 0.4) is 0 Å². The number of nitrogens with one attached hydrogen (secondary N) is 1. The highest BCUT2D eigenvalue weighted by Crippen LogP contribution is 2.06. The molecule has 20 heavy (non-hydrogen) atoms. The zero-order chi connectivity index (χ0) is 14.5. The summed E-state index contributed by atoms with van der Waals surface area (Å²) in [6.45, 7) is 2.24. The van der Waals surface area contributed by atoms with Crippen molar-refractivity contribution in [2.45, 2.75) is 19.9 Å². The maximum Gasteiger partial charge on any atom is 0.251 e. The van der Waals surface area contributed by atoms with Gasteiger partial charge in [0.25, 0.3) is 5.91 Å². The minimum Gasteiger partial charge on any atom is -0.444 e. The van der Waals surface area contributed by atoms with E-state index in [9.17, 15) is 4.79 Å². The summed E-state index contributed by atoms with van der Waals surface area (Å²) in [5.41, 5.74) is 6.77. The monoisotopic (exact) mass is 289 g/mol. The molecule has 1 aromatic heterocycles. The molecule has 1 amide bonds. The highest BCUT2D eigenvalue weighted by Gasteiger charge is 2.08. The average molecular weight is 289 g/mol. The van der Waals surface area contributed by atoms with Crippen molar-refractivity contribution < 1.29 is 9.21 Å². The van der Waals surface area contributed by atoms with Gasteiger partial charge in [0.2, 0.25) is 5.89 Å². The number of nitrogens with zero attached hydrogens (tertiary/aromatic N) is 1. The van der Waals surface area contributed by atoms with Crippen LogP contribution < -0.4 is 11.1 Å². The van der Waals surface area contributed by atoms with Crippen LogP contribution in [0.5, 0.6) is 0 Å². The van der Waals surface area contributed by atoms with E-state index >= 15 is 0 Å². The van der Waals surface area contributed by atoms with Gasteiger partial charge in [-0.25, -0.2) is 4.98 Å². The van der Waals surface area contributed by atoms with Crippen LogP contribution in [0.4, 0.5) is 0 Å². The van der Waals surface area contributed by atoms with Gasteiger partial charge < -0.3 is 15.5 Å². The van der Waals surface area contributed by atoms with Crippen LogP contribution in [-0.4, -0.2) is 15.9 Å². The summed E-state index contributed by atoms with van der Waals surface area (Å²) in [6, 6.07) is 6.79. The molecule has 0 aliphatic carbocycles. The Kier molecular flexibility index (Phi) is 4.47. The van der Waals surface area contributed by atoms with Gasteiger partial charge in [0, 0.05) is 17.5 Å². The van der Waals surface area contributed by atoms with Crippen LogP contribution in [0.15, 0.2) is 34.9 Å². The molecule has 0 fully saturated rings. The molecule has 0 radical (unpaired) electrons. The number of hydrogen-bond acceptors (Lipinski definition) is 4. The highest BCUT2D eigenvalue weighted by molar-refractivity contribution is 7.80. The fourth-order valence-electron chi connectivity index (χ4n) is 1.64. The lowest BCUT2D eigenvalue weighted by Crippen LogP contribution is -2.23. The smallest absolute Gasteiger partial charge is 0.251 e. The van der Waals surface area contributed by atoms with Crippen molar-refractivity contribution >= 4 is 23.1 Å². The Bertz CT molecular complexity index is 620. The summed E-state index contributed by atoms with van der Waals surface area (Å²) in [7, 11) is 0. The second-order valence-corrected chi connectivity index (χ2v) is 4.64. The van der Waals surface area contributed by atoms with Gasteiger partial charge in [-0.3, -0.25) is 4.79 Å². The van der Waals surface area contributed by atoms with Crippen molar-refractivity contribution in [3.05, 3.63) is 53.2 Å². The summed E-state index contributed by atoms with van der Waals surface area (Å²) in [4.78, 5) is 16.3. The van der Waals surface area contributed by atoms with Crippen LogP contribution in [-0.2, 0) is 13.0 Å². The Morgan fingerprint density at radius 2 is 2.00 bits per heavy atom. The van der Waals surface area contributed by atoms with Crippen LogP contribution in [0.25, 0.3) is 0 Å². The lowest BCUT2D eigenvalue weighted by molar-refractivity contribution is 0.0947. The Morgan fingerprint density at radius 3 is 2.55 bits per heavy atom. The first-order valence-electron chi connectivity index (χ1n) is 6.21. The molecule has 0 saturated heterocycles. The van der Waals surface area contributed by atoms with E-state index in [4.69, 9.17) is 22.4 Å². The first-order valence-corrected chi connectivity index (χ1v) is 6.62. The second kappa shape index (κ2) is 6.29. The van der Waals surface area contributed by atoms with E-state index in [1.165, 1.54) is 0 Å². The Labute approximate surface area is 122 Å². The maximum absolute atomic E-state index is 11.9. The SMILES string of the molecule is CCc1cnc(CNC(=O)c2ccc(C(N)=S)cc2)o1. The molecule has 1 heterocycles. The van der Waals surface area contributed by atoms with E-state index in [-0.39, 0.29) is 12.5 Å². The molecule has 0 atom stereocenters. The van der Waals surface area contributed by atoms with Gasteiger partial charge in [-0.05, 0) is 12.1 Å². The molecule has 6 heteroatoms. The number of aromatic nitrogens is 1. The van der Waals surface area contributed by atoms with Gasteiger partial charge >= 0.3 is 0 Å². The Balaban J connectivity index is 1.96. The molecule has 0 spiro atoms. The molecule has 0 aliphatic heterocycles. The third-order valence-corrected chi connectivity index (χ3v) is 3.02. The third-order valence-electron chi connectivity index (χ3n) is 2.78. The van der Waals surface area contributed by atoms with E-state index < -0.39 is 0 Å². The molecular formula is C14H15N3O2S. The summed E-state index contributed by atoms with van der Waals surface area (Å²) < 4.78 is 5.41. The average Bonchev–Trinajstić information content (AvgIpc) is 2.93. The van der Waals surface area contributed by atoms with E-state index in [2.05, 4.69) is 10.3 Å². The van der Waals surface area contributed by atoms with Crippen molar-refractivity contribution in [2.24, 2.45) is 5.73 Å². The fraction of sp³-hybridized carbons (Fsp3) is 0.214. The zero-order valence-corrected chi connectivity index (χ0v) is 11.9. The van der Waals surface area contributed by atoms with Crippen molar-refractivity contribution in [3.8, 4) is 0 Å². The van der Waals surface area contributed by atoms with Crippen LogP contribution >= 0.6 is 12.2 Å². The molecule has 0 unspecified atom stereocenters. The largest absolute Gasteiger partial charge is 0.444 e. The van der Waals surface area contributed by atoms with E-state index in [0.29, 0.717) is 16.4 Å². The predicted octanol–water partition coefficient (Wildman–Crippen LogP) is 1.80. The number of carbonyl (C=O) groups is 1. The quantitative estimate of drug-likeness (QED) is 0.820. The van der Waals surface area contributed by atoms with Crippen molar-refractivity contribution in [2.75, 3.05) is 0 Å². The summed E-state index contributed by atoms with van der Waals surface area (Å²) in [5.74, 6) is 1.10. The van der Waals surface area contributed by atoms with Crippen LogP contribution in [0.2, 0.25) is 0 Å². The number of benzene rings is 1. The molecule has 0 bridgehead atoms. The lowest BCUT2D eigenvalue weighted by atomic mass is 10.1. The number of aryl methyl sites for hydroxylation is 1. The minimum atomic E-state index is -0.198. The fourth-order valence-corrected chi connectivity index (χ4v) is 1.77. The minimum absolute atomic E-state index is 0.198. The Morgan fingerprint density at radius 1 is 1.35 bits per heavy atom. The Hall–Kier alpha value is -2.21. The van der Waals surface area contributed by atoms with Crippen molar-refractivity contribution in [1.82, 2.24) is 10.3 Å². The van der Waals surface area contributed by atoms with E-state index in [1.807, 2.05) is 6.92 Å². The topological polar surface area (TPSA) is 81.2 Å². The van der Waals surface area contributed by atoms with E-state index in [1.54, 1.807) is 30.5 Å². The number of amides is 1. The van der Waals surface area contributed by atoms with Gasteiger partial charge in [-0.15, -0.1) is 0 Å². The van der Waals surface area contributed by atoms with Gasteiger partial charge in [0.1, 0.15) is 10.7 Å². The van der Waals surface area contributed by atoms with Gasteiger partial charge in [-0.1, -0.05) is 31.3 Å². The van der Waals surface area contributed by atoms with E-state index in [0.717, 1.165) is 17.7 Å². The summed E-state index contributed by atoms with van der Waals surface area (Å²) >= 11 is 4.86. The molecular weight excluding hydrogens is 274 g/mol. The molecule has 3 N–H and O–H groups in total. The molecule has 104 valence electrons. The standard InChI is InChI=1S/C14H15N3O2S/c1-2-11-7-16-12(19-11)8-17-14(18)10-5-3-9(4-6-10)13(15)20/h3-7H,2,8H2,1H3,(H2,15,20)(H,17,18). The third kappa shape index (κ3) is 3.42. The summed E-state index contributed by atoms with van der Waals surface area (Å²) in [5, 5.41) is 2.74. The predicted molar refractivity (Wildman–Crippen MR) is 79.4 cm³/mol. The molecule has 5 nitrogen and oxygen atoms in total. The number of oxazole rings is 1. The van der Waals surface area contributed by atoms with Crippen LogP contribution in [0.1, 0.15) is 34.5 Å². The number of rotatable bonds is 5. The first kappa shape index (κ1) is 14.2. The summed E-state index contributed by atoms with van der Waals surface area (Å²) in [6.07, 6.45) is 2.44. The van der Waals surface area contributed by atoms with Crippen LogP contribution in [0, 0.1) is 0 Å². The van der Waals surface area contributed by atoms with Crippen molar-refractivity contribution in [3.63, 3.8) is 0 Å². The zero-order valence-electron chi connectivity index (χ0n) is 11.1. The maximum atomic E-state index is 11.9. The van der Waals surface area contributed by atoms with Crippen molar-refractivity contribution in [1.29, 1.82) is 0 Å². The van der Waals surface area contributed by atoms with Gasteiger partial charge in [0.05, 0.1) is 12.7 Å². The second-order valence-electron chi connectivity index (χ2n) is 4.20. The molecule has 1 aromatic carbocycles. The van der Waals surface area contributed by atoms with Gasteiger partial charge in [0.15, 0.2) is 0 Å². The lowest BCUT2D eigenvalue weighted by Gasteiger charge is -2.04. The number of hydrogen-bond donors (Lipinski definition) is 2. The molecule has 2 rings (SSSR count). The highest BCUT2D eigenvalue weighted by atomic mass is 32.1. The molecule has 2 aromatic rings. The molecule has 0 aliphatic rings. The van der Waals surface area contributed by atoms with Gasteiger partial charge in [-0.2, -0.15) is 0 Å².